The van der Waals surface area contributed by atoms with Crippen molar-refractivity contribution < 1.29 is 9.90 Å². The summed E-state index contributed by atoms with van der Waals surface area (Å²) < 4.78 is 0. The van der Waals surface area contributed by atoms with Crippen LogP contribution in [0.5, 0.6) is 0 Å². The van der Waals surface area contributed by atoms with Crippen molar-refractivity contribution in [3.05, 3.63) is 35.9 Å². The van der Waals surface area contributed by atoms with Gasteiger partial charge in [-0.2, -0.15) is 0 Å². The molecule has 0 aromatic heterocycles. The van der Waals surface area contributed by atoms with Crippen LogP contribution >= 0.6 is 11.8 Å². The summed E-state index contributed by atoms with van der Waals surface area (Å²) in [5.74, 6) is 0.375. The molecule has 0 radical (unpaired) electrons. The molecule has 0 aliphatic carbocycles. The summed E-state index contributed by atoms with van der Waals surface area (Å²) in [5, 5.41) is 8.67. The minimum atomic E-state index is -0.833. The Balaban J connectivity index is 0.000000267. The van der Waals surface area contributed by atoms with E-state index in [0.29, 0.717) is 6.04 Å². The Bertz CT molecular complexity index is 444. The number of aliphatic carboxylic acids is 1. The second kappa shape index (κ2) is 5.91. The van der Waals surface area contributed by atoms with Crippen LogP contribution in [-0.4, -0.2) is 40.0 Å². The summed E-state index contributed by atoms with van der Waals surface area (Å²) >= 11 is 1.89. The highest BCUT2D eigenvalue weighted by Crippen LogP contribution is 2.31. The first kappa shape index (κ1) is 13.0. The number of carbonyl (C=O) groups is 1. The van der Waals surface area contributed by atoms with Crippen molar-refractivity contribution in [2.45, 2.75) is 13.0 Å². The van der Waals surface area contributed by atoms with E-state index in [1.54, 1.807) is 0 Å². The lowest BCUT2D eigenvalue weighted by molar-refractivity contribution is -0.134. The predicted octanol–water partition coefficient (Wildman–Crippen LogP) is 2.24. The summed E-state index contributed by atoms with van der Waals surface area (Å²) in [4.78, 5) is 16.1. The molecular weight excluding hydrogens is 248 g/mol. The molecule has 1 saturated heterocycles. The molecule has 0 unspecified atom stereocenters. The lowest BCUT2D eigenvalue weighted by Gasteiger charge is -2.12. The number of fused-ring (bicyclic) bond motifs is 1. The predicted molar refractivity (Wildman–Crippen MR) is 74.0 cm³/mol. The van der Waals surface area contributed by atoms with E-state index in [9.17, 15) is 0 Å². The Morgan fingerprint density at radius 2 is 2.11 bits per heavy atom. The third-order valence-electron chi connectivity index (χ3n) is 2.71. The SMILES string of the molecule is CC(=O)O.c1ccc([C@H]2CN3CCSC3=N2)cc1. The fraction of sp³-hybridized carbons (Fsp3) is 0.385. The highest BCUT2D eigenvalue weighted by molar-refractivity contribution is 8.14. The molecule has 1 atom stereocenters. The van der Waals surface area contributed by atoms with Crippen molar-refractivity contribution in [2.24, 2.45) is 4.99 Å². The number of aliphatic imine (C=N–C) groups is 1. The molecule has 0 spiro atoms. The fourth-order valence-electron chi connectivity index (χ4n) is 1.96. The van der Waals surface area contributed by atoms with Crippen molar-refractivity contribution in [2.75, 3.05) is 18.8 Å². The van der Waals surface area contributed by atoms with Gasteiger partial charge in [-0.1, -0.05) is 42.1 Å². The van der Waals surface area contributed by atoms with Crippen molar-refractivity contribution in [3.8, 4) is 0 Å². The number of rotatable bonds is 1. The van der Waals surface area contributed by atoms with E-state index in [-0.39, 0.29) is 0 Å². The highest BCUT2D eigenvalue weighted by atomic mass is 32.2. The van der Waals surface area contributed by atoms with Gasteiger partial charge in [0.15, 0.2) is 5.17 Å². The molecule has 5 heteroatoms. The molecule has 0 bridgehead atoms. The summed E-state index contributed by atoms with van der Waals surface area (Å²) in [7, 11) is 0. The van der Waals surface area contributed by atoms with Gasteiger partial charge in [-0.05, 0) is 5.56 Å². The largest absolute Gasteiger partial charge is 0.481 e. The third kappa shape index (κ3) is 3.26. The van der Waals surface area contributed by atoms with Gasteiger partial charge in [-0.15, -0.1) is 0 Å². The number of thioether (sulfide) groups is 1. The van der Waals surface area contributed by atoms with Gasteiger partial charge in [-0.25, -0.2) is 0 Å². The fourth-order valence-corrected chi connectivity index (χ4v) is 3.00. The van der Waals surface area contributed by atoms with E-state index in [0.717, 1.165) is 13.5 Å². The van der Waals surface area contributed by atoms with E-state index in [1.165, 1.54) is 23.0 Å². The molecule has 1 aromatic rings. The van der Waals surface area contributed by atoms with Gasteiger partial charge in [0.05, 0.1) is 6.04 Å². The lowest BCUT2D eigenvalue weighted by atomic mass is 10.1. The smallest absolute Gasteiger partial charge is 0.300 e. The monoisotopic (exact) mass is 264 g/mol. The van der Waals surface area contributed by atoms with Gasteiger partial charge in [0.1, 0.15) is 0 Å². The zero-order chi connectivity index (χ0) is 13.0. The van der Waals surface area contributed by atoms with E-state index in [2.05, 4.69) is 35.2 Å². The standard InChI is InChI=1S/C11H12N2S.C2H4O2/c1-2-4-9(5-3-1)10-8-13-6-7-14-11(13)12-10;1-2(3)4/h1-5,10H,6-8H2;1H3,(H,3,4)/t10-;/m1./s1. The topological polar surface area (TPSA) is 52.9 Å². The Morgan fingerprint density at radius 3 is 2.72 bits per heavy atom. The number of carboxylic acids is 1. The van der Waals surface area contributed by atoms with Crippen LogP contribution in [0.15, 0.2) is 35.3 Å². The molecule has 2 heterocycles. The quantitative estimate of drug-likeness (QED) is 0.845. The maximum atomic E-state index is 9.00. The first-order chi connectivity index (χ1) is 8.66. The van der Waals surface area contributed by atoms with Gasteiger partial charge < -0.3 is 10.0 Å². The van der Waals surface area contributed by atoms with Gasteiger partial charge >= 0.3 is 0 Å². The lowest BCUT2D eigenvalue weighted by Crippen LogP contribution is -2.21. The molecule has 4 nitrogen and oxygen atoms in total. The minimum absolute atomic E-state index is 0.374. The van der Waals surface area contributed by atoms with Crippen molar-refractivity contribution in [1.29, 1.82) is 0 Å². The van der Waals surface area contributed by atoms with Gasteiger partial charge in [0.25, 0.3) is 5.97 Å². The number of carboxylic acid groups (broad SMARTS) is 1. The second-order valence-electron chi connectivity index (χ2n) is 4.15. The third-order valence-corrected chi connectivity index (χ3v) is 3.72. The summed E-state index contributed by atoms with van der Waals surface area (Å²) in [6.07, 6.45) is 0. The molecule has 1 N–H and O–H groups in total. The molecule has 1 aromatic carbocycles. The van der Waals surface area contributed by atoms with Crippen molar-refractivity contribution in [3.63, 3.8) is 0 Å². The van der Waals surface area contributed by atoms with Gasteiger partial charge in [-0.3, -0.25) is 9.79 Å². The number of hydrogen-bond acceptors (Lipinski definition) is 4. The van der Waals surface area contributed by atoms with Crippen LogP contribution in [-0.2, 0) is 4.79 Å². The maximum Gasteiger partial charge on any atom is 0.300 e. The maximum absolute atomic E-state index is 9.00. The second-order valence-corrected chi connectivity index (χ2v) is 5.21. The van der Waals surface area contributed by atoms with Gasteiger partial charge in [0, 0.05) is 25.8 Å². The van der Waals surface area contributed by atoms with Crippen LogP contribution in [0.4, 0.5) is 0 Å². The average Bonchev–Trinajstić information content (AvgIpc) is 2.89. The van der Waals surface area contributed by atoms with E-state index in [4.69, 9.17) is 14.9 Å². The zero-order valence-corrected chi connectivity index (χ0v) is 11.1. The number of amidine groups is 1. The average molecular weight is 264 g/mol. The summed E-state index contributed by atoms with van der Waals surface area (Å²) in [5.41, 5.74) is 1.34. The van der Waals surface area contributed by atoms with Gasteiger partial charge in [0.2, 0.25) is 0 Å². The molecule has 2 aliphatic heterocycles. The molecule has 0 amide bonds. The van der Waals surface area contributed by atoms with Crippen molar-refractivity contribution >= 4 is 22.9 Å². The highest BCUT2D eigenvalue weighted by Gasteiger charge is 2.29. The molecule has 96 valence electrons. The summed E-state index contributed by atoms with van der Waals surface area (Å²) in [6, 6.07) is 10.9. The summed E-state index contributed by atoms with van der Waals surface area (Å²) in [6.45, 7) is 3.33. The van der Waals surface area contributed by atoms with Crippen LogP contribution in [0.25, 0.3) is 0 Å². The van der Waals surface area contributed by atoms with E-state index >= 15 is 0 Å². The number of benzene rings is 1. The van der Waals surface area contributed by atoms with Crippen LogP contribution in [0, 0.1) is 0 Å². The van der Waals surface area contributed by atoms with Crippen molar-refractivity contribution in [1.82, 2.24) is 4.90 Å². The number of hydrogen-bond donors (Lipinski definition) is 1. The molecular formula is C13H16N2O2S. The molecule has 1 fully saturated rings. The van der Waals surface area contributed by atoms with E-state index < -0.39 is 5.97 Å². The first-order valence-electron chi connectivity index (χ1n) is 5.87. The number of nitrogens with zero attached hydrogens (tertiary/aromatic N) is 2. The Hall–Kier alpha value is -1.49. The Labute approximate surface area is 111 Å². The molecule has 0 saturated carbocycles. The minimum Gasteiger partial charge on any atom is -0.481 e. The van der Waals surface area contributed by atoms with Crippen LogP contribution in [0.3, 0.4) is 0 Å². The zero-order valence-electron chi connectivity index (χ0n) is 10.2. The van der Waals surface area contributed by atoms with Crippen LogP contribution in [0.2, 0.25) is 0 Å². The molecule has 3 rings (SSSR count). The van der Waals surface area contributed by atoms with Crippen LogP contribution < -0.4 is 0 Å². The first-order valence-corrected chi connectivity index (χ1v) is 6.85. The Morgan fingerprint density at radius 1 is 1.44 bits per heavy atom. The van der Waals surface area contributed by atoms with E-state index in [1.807, 2.05) is 11.8 Å². The van der Waals surface area contributed by atoms with Crippen LogP contribution in [0.1, 0.15) is 18.5 Å². The normalized spacial score (nSPS) is 20.8. The molecule has 2 aliphatic rings. The molecule has 18 heavy (non-hydrogen) atoms. The Kier molecular flexibility index (Phi) is 4.25.